The molecule has 0 saturated carbocycles. The summed E-state index contributed by atoms with van der Waals surface area (Å²) in [5.41, 5.74) is 12.9. The zero-order chi connectivity index (χ0) is 52.4. The van der Waals surface area contributed by atoms with E-state index >= 15 is 0 Å². The first-order valence-electron chi connectivity index (χ1n) is 26.0. The van der Waals surface area contributed by atoms with E-state index in [9.17, 15) is 0 Å². The summed E-state index contributed by atoms with van der Waals surface area (Å²) < 4.78 is 0. The smallest absolute Gasteiger partial charge is 0.164 e. The van der Waals surface area contributed by atoms with Gasteiger partial charge in [0, 0.05) is 87.6 Å². The largest absolute Gasteiger partial charge is 0.324 e. The maximum atomic E-state index is 5.02. The summed E-state index contributed by atoms with van der Waals surface area (Å²) in [5.74, 6) is 4.78. The van der Waals surface area contributed by atoms with Gasteiger partial charge in [0.2, 0.25) is 0 Å². The van der Waals surface area contributed by atoms with Crippen LogP contribution in [0.1, 0.15) is 0 Å². The summed E-state index contributed by atoms with van der Waals surface area (Å²) in [6, 6.07) is 64.5. The van der Waals surface area contributed by atoms with Crippen molar-refractivity contribution in [3.05, 3.63) is 194 Å². The molecular formula is C64H40N16S2. The van der Waals surface area contributed by atoms with Crippen molar-refractivity contribution >= 4 is 115 Å². The molecule has 4 N–H and O–H groups in total. The number of aromatic nitrogens is 16. The predicted octanol–water partition coefficient (Wildman–Crippen LogP) is 14.0. The third kappa shape index (κ3) is 7.64. The Balaban J connectivity index is 0.000000137. The minimum atomic E-state index is 0. The van der Waals surface area contributed by atoms with Crippen molar-refractivity contribution in [1.29, 1.82) is 0 Å². The van der Waals surface area contributed by atoms with Crippen LogP contribution in [0, 0.1) is 0 Å². The summed E-state index contributed by atoms with van der Waals surface area (Å²) in [4.78, 5) is 73.5. The molecule has 0 unspecified atom stereocenters. The van der Waals surface area contributed by atoms with Crippen LogP contribution in [0.25, 0.3) is 179 Å². The third-order valence-corrected chi connectivity index (χ3v) is 14.9. The Kier molecular flexibility index (Phi) is 11.2. The predicted molar refractivity (Wildman–Crippen MR) is 333 cm³/mol. The minimum absolute atomic E-state index is 0. The van der Waals surface area contributed by atoms with Gasteiger partial charge in [-0.3, -0.25) is 0 Å². The number of H-pyrrole nitrogens is 4. The molecule has 0 aliphatic carbocycles. The standard InChI is InChI=1S/2C32H18N8.2H2S/c2*1-2-10-18-17(9-1)25-33-26(18)38-28-21-13-5-6-14-22(21)30(35-28)40-32-24-16-8-7-15-23(24)31(36-32)39-29-20-12-4-3-11-19(20)27(34-29)37-25;;/h2*1-16H,(H2,33,34,35,36,37,38,39,40);2*1H2. The van der Waals surface area contributed by atoms with Crippen LogP contribution in [-0.4, -0.2) is 79.7 Å². The van der Waals surface area contributed by atoms with Crippen LogP contribution in [0.15, 0.2) is 194 Å². The number of rotatable bonds is 0. The second-order valence-electron chi connectivity index (χ2n) is 19.6. The molecule has 0 saturated heterocycles. The van der Waals surface area contributed by atoms with Crippen LogP contribution in [0.2, 0.25) is 0 Å². The summed E-state index contributed by atoms with van der Waals surface area (Å²) in [7, 11) is 0. The monoisotopic (exact) mass is 1100 g/mol. The highest BCUT2D eigenvalue weighted by Gasteiger charge is 2.24. The first-order valence-corrected chi connectivity index (χ1v) is 26.0. The lowest BCUT2D eigenvalue weighted by Gasteiger charge is -1.96. The van der Waals surface area contributed by atoms with Gasteiger partial charge in [-0.15, -0.1) is 0 Å². The summed E-state index contributed by atoms with van der Waals surface area (Å²) >= 11 is 0. The molecule has 18 heteroatoms. The maximum Gasteiger partial charge on any atom is 0.164 e. The van der Waals surface area contributed by atoms with Crippen LogP contribution in [-0.2, 0) is 0 Å². The zero-order valence-corrected chi connectivity index (χ0v) is 44.8. The molecule has 16 bridgehead atoms. The molecule has 4 aliphatic rings. The lowest BCUT2D eigenvalue weighted by molar-refractivity contribution is 1.19. The van der Waals surface area contributed by atoms with Crippen molar-refractivity contribution in [1.82, 2.24) is 79.7 Å². The van der Waals surface area contributed by atoms with Crippen LogP contribution in [0.3, 0.4) is 0 Å². The molecule has 14 aromatic rings. The Bertz CT molecular complexity index is 4400. The SMILES string of the molecule is S.S.c1ccc2c(c1)-c1nc-2nc2[nH]c(nc3nc(nc4[nH]c(n1)c1ccccc41)-c1ccccc1-3)c1ccccc21.c1ccc2c(c1)-c1nc-2nc2[nH]c(nc3nc(nc4[nH]c(n1)c1ccccc41)-c1ccccc1-3)c1ccccc21. The van der Waals surface area contributed by atoms with Gasteiger partial charge in [0.25, 0.3) is 0 Å². The van der Waals surface area contributed by atoms with Gasteiger partial charge in [-0.1, -0.05) is 194 Å². The number of aromatic amines is 4. The first kappa shape index (κ1) is 48.3. The number of hydrogen-bond donors (Lipinski definition) is 4. The van der Waals surface area contributed by atoms with Gasteiger partial charge in [0.05, 0.1) is 0 Å². The van der Waals surface area contributed by atoms with Crippen molar-refractivity contribution in [2.45, 2.75) is 0 Å². The molecule has 0 amide bonds. The van der Waals surface area contributed by atoms with E-state index in [1.165, 1.54) is 0 Å². The molecule has 388 valence electrons. The molecule has 0 spiro atoms. The Hall–Kier alpha value is -10.8. The molecule has 0 atom stereocenters. The lowest BCUT2D eigenvalue weighted by Crippen LogP contribution is -1.83. The Morgan fingerprint density at radius 3 is 0.415 bits per heavy atom. The van der Waals surface area contributed by atoms with Gasteiger partial charge < -0.3 is 19.9 Å². The van der Waals surface area contributed by atoms with Gasteiger partial charge in [0.15, 0.2) is 46.6 Å². The normalized spacial score (nSPS) is 11.7. The summed E-state index contributed by atoms with van der Waals surface area (Å²) in [6.07, 6.45) is 0. The van der Waals surface area contributed by atoms with Crippen molar-refractivity contribution in [2.75, 3.05) is 0 Å². The van der Waals surface area contributed by atoms with E-state index in [4.69, 9.17) is 59.8 Å². The van der Waals surface area contributed by atoms with E-state index < -0.39 is 0 Å². The van der Waals surface area contributed by atoms with E-state index in [0.29, 0.717) is 91.8 Å². The van der Waals surface area contributed by atoms with Gasteiger partial charge >= 0.3 is 0 Å². The number of fused-ring (bicyclic) bond motifs is 40. The minimum Gasteiger partial charge on any atom is -0.324 e. The fourth-order valence-electron chi connectivity index (χ4n) is 11.2. The van der Waals surface area contributed by atoms with Gasteiger partial charge in [-0.2, -0.15) is 27.0 Å². The molecule has 8 aromatic carbocycles. The quantitative estimate of drug-likeness (QED) is 0.111. The van der Waals surface area contributed by atoms with E-state index in [1.807, 2.05) is 194 Å². The molecule has 18 rings (SSSR count). The van der Waals surface area contributed by atoms with Crippen LogP contribution in [0.4, 0.5) is 0 Å². The van der Waals surface area contributed by atoms with E-state index in [-0.39, 0.29) is 27.0 Å². The molecular weight excluding hydrogens is 1060 g/mol. The zero-order valence-electron chi connectivity index (χ0n) is 42.8. The molecule has 10 heterocycles. The second-order valence-corrected chi connectivity index (χ2v) is 19.6. The van der Waals surface area contributed by atoms with Crippen LogP contribution in [0.5, 0.6) is 0 Å². The van der Waals surface area contributed by atoms with Crippen molar-refractivity contribution in [3.63, 3.8) is 0 Å². The number of nitrogens with one attached hydrogen (secondary N) is 4. The number of hydrogen-bond acceptors (Lipinski definition) is 12. The lowest BCUT2D eigenvalue weighted by atomic mass is 10.1. The van der Waals surface area contributed by atoms with Gasteiger partial charge in [-0.05, 0) is 0 Å². The topological polar surface area (TPSA) is 218 Å². The molecule has 16 nitrogen and oxygen atoms in total. The molecule has 0 fully saturated rings. The second kappa shape index (κ2) is 18.9. The van der Waals surface area contributed by atoms with E-state index in [2.05, 4.69) is 19.9 Å². The fourth-order valence-corrected chi connectivity index (χ4v) is 11.2. The maximum absolute atomic E-state index is 5.02. The average molecular weight is 1100 g/mol. The third-order valence-electron chi connectivity index (χ3n) is 14.9. The molecule has 0 radical (unpaired) electrons. The summed E-state index contributed by atoms with van der Waals surface area (Å²) in [5, 5.41) is 7.64. The molecule has 4 aliphatic heterocycles. The average Bonchev–Trinajstić information content (AvgIpc) is 4.59. The van der Waals surface area contributed by atoms with Crippen molar-refractivity contribution in [2.24, 2.45) is 0 Å². The summed E-state index contributed by atoms with van der Waals surface area (Å²) in [6.45, 7) is 0. The van der Waals surface area contributed by atoms with Crippen molar-refractivity contribution in [3.8, 4) is 91.1 Å². The molecule has 82 heavy (non-hydrogen) atoms. The van der Waals surface area contributed by atoms with Gasteiger partial charge in [-0.25, -0.2) is 59.8 Å². The fraction of sp³-hybridized carbons (Fsp3) is 0. The van der Waals surface area contributed by atoms with Crippen LogP contribution < -0.4 is 0 Å². The Labute approximate surface area is 477 Å². The van der Waals surface area contributed by atoms with Crippen LogP contribution >= 0.6 is 27.0 Å². The van der Waals surface area contributed by atoms with Gasteiger partial charge in [0.1, 0.15) is 45.2 Å². The highest BCUT2D eigenvalue weighted by Crippen LogP contribution is 2.39. The Morgan fingerprint density at radius 1 is 0.159 bits per heavy atom. The molecule has 6 aromatic heterocycles. The van der Waals surface area contributed by atoms with E-state index in [0.717, 1.165) is 87.6 Å². The number of benzene rings is 8. The highest BCUT2D eigenvalue weighted by molar-refractivity contribution is 7.59. The Morgan fingerprint density at radius 2 is 0.280 bits per heavy atom. The van der Waals surface area contributed by atoms with Crippen molar-refractivity contribution < 1.29 is 0 Å². The highest BCUT2D eigenvalue weighted by atomic mass is 32.1. The van der Waals surface area contributed by atoms with E-state index in [1.54, 1.807) is 0 Å². The number of nitrogens with zero attached hydrogens (tertiary/aromatic N) is 12. The first-order chi connectivity index (χ1) is 39.6.